The van der Waals surface area contributed by atoms with Crippen molar-refractivity contribution in [1.29, 1.82) is 5.41 Å². The Labute approximate surface area is 207 Å². The highest BCUT2D eigenvalue weighted by Crippen LogP contribution is 2.23. The van der Waals surface area contributed by atoms with Crippen LogP contribution in [-0.4, -0.2) is 48.7 Å². The van der Waals surface area contributed by atoms with Gasteiger partial charge in [0.2, 0.25) is 5.91 Å². The summed E-state index contributed by atoms with van der Waals surface area (Å²) in [6.45, 7) is 7.95. The summed E-state index contributed by atoms with van der Waals surface area (Å²) in [6, 6.07) is 0. The predicted molar refractivity (Wildman–Crippen MR) is 143 cm³/mol. The molecule has 0 aromatic heterocycles. The van der Waals surface area contributed by atoms with Crippen LogP contribution in [0.1, 0.15) is 33.6 Å². The first-order valence-electron chi connectivity index (χ1n) is 11.9. The maximum Gasteiger partial charge on any atom is 0.219 e. The molecular weight excluding hydrogens is 440 g/mol. The van der Waals surface area contributed by atoms with Crippen LogP contribution >= 0.6 is 0 Å². The molecule has 3 rings (SSSR count). The monoisotopic (exact) mass is 476 g/mol. The number of nitrogens with two attached hydrogens (primary N) is 2. The lowest BCUT2D eigenvalue weighted by Gasteiger charge is -2.30. The van der Waals surface area contributed by atoms with Crippen molar-refractivity contribution in [3.05, 3.63) is 70.6 Å². The van der Waals surface area contributed by atoms with Gasteiger partial charge in [-0.15, -0.1) is 0 Å². The van der Waals surface area contributed by atoms with Gasteiger partial charge in [-0.1, -0.05) is 13.8 Å². The van der Waals surface area contributed by atoms with E-state index in [0.29, 0.717) is 24.1 Å². The summed E-state index contributed by atoms with van der Waals surface area (Å²) < 4.78 is 0. The quantitative estimate of drug-likeness (QED) is 0.270. The third-order valence-electron chi connectivity index (χ3n) is 6.21. The van der Waals surface area contributed by atoms with Crippen molar-refractivity contribution in [2.45, 2.75) is 33.6 Å². The van der Waals surface area contributed by atoms with E-state index in [1.807, 2.05) is 49.4 Å². The highest BCUT2D eigenvalue weighted by molar-refractivity contribution is 5.97. The molecule has 0 aromatic carbocycles. The summed E-state index contributed by atoms with van der Waals surface area (Å²) in [5, 5.41) is 14.1. The van der Waals surface area contributed by atoms with E-state index in [1.165, 1.54) is 6.21 Å². The van der Waals surface area contributed by atoms with E-state index in [2.05, 4.69) is 20.6 Å². The first-order valence-corrected chi connectivity index (χ1v) is 11.9. The normalized spacial score (nSPS) is 19.9. The number of hydrogen-bond donors (Lipinski definition) is 5. The molecule has 0 saturated carbocycles. The van der Waals surface area contributed by atoms with E-state index >= 15 is 0 Å². The van der Waals surface area contributed by atoms with Crippen LogP contribution in [0.5, 0.6) is 0 Å². The minimum absolute atomic E-state index is 0.143. The Bertz CT molecular complexity index is 1080. The summed E-state index contributed by atoms with van der Waals surface area (Å²) in [5.41, 5.74) is 16.3. The topological polar surface area (TPSA) is 145 Å². The minimum atomic E-state index is 0.143. The van der Waals surface area contributed by atoms with Gasteiger partial charge >= 0.3 is 0 Å². The molecule has 0 atom stereocenters. The van der Waals surface area contributed by atoms with Gasteiger partial charge in [0.25, 0.3) is 0 Å². The Balaban J connectivity index is 1.63. The molecule has 0 radical (unpaired) electrons. The number of carbonyl (C=O) groups excluding carboxylic acids is 1. The number of likely N-dealkylation sites (tertiary alicyclic amines) is 1. The van der Waals surface area contributed by atoms with Crippen LogP contribution in [0.15, 0.2) is 80.6 Å². The summed E-state index contributed by atoms with van der Waals surface area (Å²) in [5.74, 6) is 1.74. The first-order chi connectivity index (χ1) is 16.8. The molecular formula is C26H36N8O. The van der Waals surface area contributed by atoms with Gasteiger partial charge in [0, 0.05) is 62.5 Å². The molecule has 0 aliphatic carbocycles. The first kappa shape index (κ1) is 25.7. The van der Waals surface area contributed by atoms with Gasteiger partial charge in [-0.25, -0.2) is 4.99 Å². The minimum Gasteiger partial charge on any atom is -0.404 e. The van der Waals surface area contributed by atoms with E-state index in [-0.39, 0.29) is 11.8 Å². The largest absolute Gasteiger partial charge is 0.404 e. The van der Waals surface area contributed by atoms with E-state index in [4.69, 9.17) is 16.9 Å². The Morgan fingerprint density at radius 3 is 2.66 bits per heavy atom. The van der Waals surface area contributed by atoms with Crippen LogP contribution in [0.3, 0.4) is 0 Å². The van der Waals surface area contributed by atoms with Crippen molar-refractivity contribution in [1.82, 2.24) is 15.5 Å². The van der Waals surface area contributed by atoms with Crippen molar-refractivity contribution in [3.8, 4) is 0 Å². The van der Waals surface area contributed by atoms with Gasteiger partial charge in [-0.2, -0.15) is 0 Å². The average molecular weight is 477 g/mol. The Kier molecular flexibility index (Phi) is 8.83. The lowest BCUT2D eigenvalue weighted by molar-refractivity contribution is -0.130. The molecule has 3 aliphatic heterocycles. The number of fused-ring (bicyclic) bond motifs is 1. The lowest BCUT2D eigenvalue weighted by atomic mass is 9.97. The molecule has 35 heavy (non-hydrogen) atoms. The van der Waals surface area contributed by atoms with Gasteiger partial charge < -0.3 is 32.4 Å². The highest BCUT2D eigenvalue weighted by Gasteiger charge is 2.20. The molecule has 9 heteroatoms. The van der Waals surface area contributed by atoms with Crippen molar-refractivity contribution in [3.63, 3.8) is 0 Å². The zero-order chi connectivity index (χ0) is 25.4. The molecule has 0 spiro atoms. The zero-order valence-electron chi connectivity index (χ0n) is 20.7. The van der Waals surface area contributed by atoms with Crippen molar-refractivity contribution < 1.29 is 4.79 Å². The maximum atomic E-state index is 11.5. The number of hydrogen-bond acceptors (Lipinski definition) is 7. The number of dihydropyridines is 2. The van der Waals surface area contributed by atoms with Crippen LogP contribution < -0.4 is 22.1 Å². The predicted octanol–water partition coefficient (Wildman–Crippen LogP) is 2.45. The third kappa shape index (κ3) is 7.05. The Morgan fingerprint density at radius 1 is 1.29 bits per heavy atom. The molecule has 1 saturated heterocycles. The summed E-state index contributed by atoms with van der Waals surface area (Å²) >= 11 is 0. The van der Waals surface area contributed by atoms with Crippen LogP contribution in [0.2, 0.25) is 0 Å². The molecule has 9 nitrogen and oxygen atoms in total. The van der Waals surface area contributed by atoms with Crippen LogP contribution in [0, 0.1) is 17.2 Å². The fourth-order valence-corrected chi connectivity index (χ4v) is 3.98. The number of piperidine rings is 1. The summed E-state index contributed by atoms with van der Waals surface area (Å²) in [7, 11) is 0. The number of amides is 1. The molecule has 1 fully saturated rings. The molecule has 0 aromatic rings. The molecule has 186 valence electrons. The molecule has 0 unspecified atom stereocenters. The number of allylic oxidation sites excluding steroid dienone is 6. The fraction of sp³-hybridized carbons (Fsp3) is 0.385. The summed E-state index contributed by atoms with van der Waals surface area (Å²) in [6.07, 6.45) is 16.0. The molecule has 0 bridgehead atoms. The summed E-state index contributed by atoms with van der Waals surface area (Å²) in [4.78, 5) is 22.5. The number of amidine groups is 1. The molecule has 1 amide bonds. The van der Waals surface area contributed by atoms with Crippen LogP contribution in [0.4, 0.5) is 0 Å². The SMILES string of the molecule is CC(=O)N1CCC(CN=CC(=CN)C2=CNC3=CC=C(N=C(N)C=C(C=N)C(C)C)NC3=C2)CC1. The second-order valence-corrected chi connectivity index (χ2v) is 9.11. The van der Waals surface area contributed by atoms with Crippen LogP contribution in [0.25, 0.3) is 0 Å². The third-order valence-corrected chi connectivity index (χ3v) is 6.21. The van der Waals surface area contributed by atoms with Crippen molar-refractivity contribution in [2.24, 2.45) is 33.3 Å². The lowest BCUT2D eigenvalue weighted by Crippen LogP contribution is -2.37. The maximum absolute atomic E-state index is 11.5. The highest BCUT2D eigenvalue weighted by atomic mass is 16.2. The van der Waals surface area contributed by atoms with Gasteiger partial charge in [0.15, 0.2) is 0 Å². The van der Waals surface area contributed by atoms with E-state index in [9.17, 15) is 4.79 Å². The zero-order valence-corrected chi connectivity index (χ0v) is 20.7. The molecule has 3 aliphatic rings. The van der Waals surface area contributed by atoms with Crippen molar-refractivity contribution in [2.75, 3.05) is 19.6 Å². The van der Waals surface area contributed by atoms with E-state index < -0.39 is 0 Å². The number of nitrogens with zero attached hydrogens (tertiary/aromatic N) is 3. The van der Waals surface area contributed by atoms with Crippen molar-refractivity contribution >= 4 is 24.2 Å². The van der Waals surface area contributed by atoms with Gasteiger partial charge in [0.1, 0.15) is 11.7 Å². The van der Waals surface area contributed by atoms with Gasteiger partial charge in [-0.3, -0.25) is 9.79 Å². The average Bonchev–Trinajstić information content (AvgIpc) is 2.85. The Morgan fingerprint density at radius 2 is 2.03 bits per heavy atom. The van der Waals surface area contributed by atoms with Gasteiger partial charge in [0.05, 0.1) is 11.4 Å². The number of carbonyl (C=O) groups is 1. The van der Waals surface area contributed by atoms with E-state index in [0.717, 1.165) is 54.0 Å². The van der Waals surface area contributed by atoms with E-state index in [1.54, 1.807) is 19.2 Å². The second kappa shape index (κ2) is 12.0. The fourth-order valence-electron chi connectivity index (χ4n) is 3.98. The molecule has 7 N–H and O–H groups in total. The van der Waals surface area contributed by atoms with Crippen LogP contribution in [-0.2, 0) is 4.79 Å². The smallest absolute Gasteiger partial charge is 0.219 e. The number of nitrogens with one attached hydrogen (secondary N) is 3. The number of rotatable bonds is 8. The Hall–Kier alpha value is -3.88. The second-order valence-electron chi connectivity index (χ2n) is 9.11. The molecule has 3 heterocycles. The number of aliphatic imine (C=N–C) groups is 2. The standard InChI is InChI=1S/C26H36N8O/c1-17(2)20(12-27)11-25(29)33-26-5-4-23-24(32-26)10-21(16-31-23)22(13-28)15-30-14-19-6-8-34(9-7-19)18(3)35/h4-5,10-13,15-17,19,27,31-32H,6-9,14,28H2,1-3H3,(H2,29,33). The van der Waals surface area contributed by atoms with Gasteiger partial charge in [-0.05, 0) is 54.6 Å².